The van der Waals surface area contributed by atoms with Crippen LogP contribution in [0.15, 0.2) is 30.3 Å². The molecule has 5 heteroatoms. The highest BCUT2D eigenvalue weighted by molar-refractivity contribution is 5.97. The van der Waals surface area contributed by atoms with Gasteiger partial charge in [0.1, 0.15) is 0 Å². The van der Waals surface area contributed by atoms with Crippen LogP contribution in [-0.4, -0.2) is 49.7 Å². The highest BCUT2D eigenvalue weighted by atomic mass is 16.6. The second-order valence-electron chi connectivity index (χ2n) is 3.94. The number of carbonyl (C=O) groups is 2. The molecule has 2 rings (SSSR count). The van der Waals surface area contributed by atoms with Crippen LogP contribution in [0.1, 0.15) is 10.4 Å². The summed E-state index contributed by atoms with van der Waals surface area (Å²) >= 11 is 0. The summed E-state index contributed by atoms with van der Waals surface area (Å²) in [6, 6.07) is 8.78. The largest absolute Gasteiger partial charge is 0.441 e. The molecule has 1 saturated heterocycles. The Morgan fingerprint density at radius 3 is 2.50 bits per heavy atom. The van der Waals surface area contributed by atoms with Gasteiger partial charge in [0.05, 0.1) is 13.2 Å². The molecule has 1 amide bonds. The molecule has 1 aliphatic heterocycles. The maximum atomic E-state index is 11.7. The van der Waals surface area contributed by atoms with E-state index < -0.39 is 6.09 Å². The number of morpholine rings is 1. The molecule has 18 heavy (non-hydrogen) atoms. The Morgan fingerprint density at radius 1 is 1.17 bits per heavy atom. The molecule has 1 aromatic rings. The van der Waals surface area contributed by atoms with Crippen LogP contribution in [0.3, 0.4) is 0 Å². The van der Waals surface area contributed by atoms with Crippen LogP contribution < -0.4 is 0 Å². The van der Waals surface area contributed by atoms with E-state index in [1.165, 1.54) is 0 Å². The fourth-order valence-electron chi connectivity index (χ4n) is 1.67. The van der Waals surface area contributed by atoms with E-state index in [1.54, 1.807) is 29.2 Å². The second kappa shape index (κ2) is 6.16. The highest BCUT2D eigenvalue weighted by Crippen LogP contribution is 2.03. The smallest absolute Gasteiger partial charge is 0.410 e. The summed E-state index contributed by atoms with van der Waals surface area (Å²) in [5.41, 5.74) is 0.548. The molecule has 0 aromatic heterocycles. The van der Waals surface area contributed by atoms with Crippen molar-refractivity contribution in [3.05, 3.63) is 35.9 Å². The first-order chi connectivity index (χ1) is 8.77. The average molecular weight is 249 g/mol. The first-order valence-electron chi connectivity index (χ1n) is 5.85. The maximum absolute atomic E-state index is 11.7. The van der Waals surface area contributed by atoms with E-state index in [0.29, 0.717) is 31.9 Å². The molecule has 0 atom stereocenters. The van der Waals surface area contributed by atoms with Crippen LogP contribution in [0.2, 0.25) is 0 Å². The summed E-state index contributed by atoms with van der Waals surface area (Å²) in [6.45, 7) is 1.83. The third-order valence-corrected chi connectivity index (χ3v) is 2.69. The number of ketones is 1. The van der Waals surface area contributed by atoms with Crippen molar-refractivity contribution < 1.29 is 19.1 Å². The Labute approximate surface area is 105 Å². The van der Waals surface area contributed by atoms with Crippen molar-refractivity contribution in [1.82, 2.24) is 4.90 Å². The van der Waals surface area contributed by atoms with Crippen LogP contribution in [-0.2, 0) is 9.47 Å². The number of nitrogens with zero attached hydrogens (tertiary/aromatic N) is 1. The number of hydrogen-bond donors (Lipinski definition) is 0. The zero-order chi connectivity index (χ0) is 12.8. The van der Waals surface area contributed by atoms with Gasteiger partial charge in [-0.25, -0.2) is 4.79 Å². The fraction of sp³-hybridized carbons (Fsp3) is 0.385. The van der Waals surface area contributed by atoms with Crippen molar-refractivity contribution in [2.24, 2.45) is 0 Å². The van der Waals surface area contributed by atoms with Gasteiger partial charge in [-0.1, -0.05) is 30.3 Å². The van der Waals surface area contributed by atoms with Crippen LogP contribution in [0.4, 0.5) is 4.79 Å². The number of ether oxygens (including phenoxy) is 2. The average Bonchev–Trinajstić information content (AvgIpc) is 2.46. The number of benzene rings is 1. The van der Waals surface area contributed by atoms with Crippen molar-refractivity contribution in [2.75, 3.05) is 32.9 Å². The maximum Gasteiger partial charge on any atom is 0.410 e. The number of Topliss-reactive ketones (excluding diaryl/α,β-unsaturated/α-hetero) is 1. The molecule has 0 unspecified atom stereocenters. The molecule has 0 radical (unpaired) electrons. The standard InChI is InChI=1S/C13H15NO4/c15-12(11-4-2-1-3-5-11)10-18-13(16)14-6-8-17-9-7-14/h1-5H,6-10H2. The minimum Gasteiger partial charge on any atom is -0.441 e. The van der Waals surface area contributed by atoms with Gasteiger partial charge in [-0.15, -0.1) is 0 Å². The molecule has 0 saturated carbocycles. The Hall–Kier alpha value is -1.88. The minimum absolute atomic E-state index is 0.197. The molecule has 0 aliphatic carbocycles. The quantitative estimate of drug-likeness (QED) is 0.758. The molecule has 1 heterocycles. The lowest BCUT2D eigenvalue weighted by atomic mass is 10.1. The lowest BCUT2D eigenvalue weighted by Gasteiger charge is -2.25. The van der Waals surface area contributed by atoms with Gasteiger partial charge >= 0.3 is 6.09 Å². The summed E-state index contributed by atoms with van der Waals surface area (Å²) in [5.74, 6) is -0.197. The van der Waals surface area contributed by atoms with Gasteiger partial charge in [0.15, 0.2) is 12.4 Å². The van der Waals surface area contributed by atoms with E-state index in [-0.39, 0.29) is 12.4 Å². The topological polar surface area (TPSA) is 55.8 Å². The molecular formula is C13H15NO4. The normalized spacial score (nSPS) is 15.2. The lowest BCUT2D eigenvalue weighted by Crippen LogP contribution is -2.41. The monoisotopic (exact) mass is 249 g/mol. The van der Waals surface area contributed by atoms with Gasteiger partial charge in [-0.05, 0) is 0 Å². The summed E-state index contributed by atoms with van der Waals surface area (Å²) < 4.78 is 10.1. The third-order valence-electron chi connectivity index (χ3n) is 2.69. The van der Waals surface area contributed by atoms with Crippen LogP contribution in [0.25, 0.3) is 0 Å². The summed E-state index contributed by atoms with van der Waals surface area (Å²) in [7, 11) is 0. The number of hydrogen-bond acceptors (Lipinski definition) is 4. The van der Waals surface area contributed by atoms with Crippen molar-refractivity contribution in [1.29, 1.82) is 0 Å². The predicted molar refractivity (Wildman–Crippen MR) is 64.5 cm³/mol. The van der Waals surface area contributed by atoms with Crippen LogP contribution in [0.5, 0.6) is 0 Å². The molecule has 0 bridgehead atoms. The van der Waals surface area contributed by atoms with Gasteiger partial charge in [-0.2, -0.15) is 0 Å². The Kier molecular flexibility index (Phi) is 4.30. The number of carbonyl (C=O) groups excluding carboxylic acids is 2. The molecule has 1 aliphatic rings. The summed E-state index contributed by atoms with van der Waals surface area (Å²) in [5, 5.41) is 0. The van der Waals surface area contributed by atoms with Crippen LogP contribution in [0, 0.1) is 0 Å². The Morgan fingerprint density at radius 2 is 1.83 bits per heavy atom. The van der Waals surface area contributed by atoms with Crippen molar-refractivity contribution in [3.63, 3.8) is 0 Å². The fourth-order valence-corrected chi connectivity index (χ4v) is 1.67. The first-order valence-corrected chi connectivity index (χ1v) is 5.85. The summed E-state index contributed by atoms with van der Waals surface area (Å²) in [6.07, 6.45) is -0.456. The first kappa shape index (κ1) is 12.6. The Bertz CT molecular complexity index is 412. The van der Waals surface area contributed by atoms with Gasteiger partial charge in [-0.3, -0.25) is 4.79 Å². The van der Waals surface area contributed by atoms with E-state index in [0.717, 1.165) is 0 Å². The van der Waals surface area contributed by atoms with Crippen molar-refractivity contribution >= 4 is 11.9 Å². The molecule has 5 nitrogen and oxygen atoms in total. The van der Waals surface area contributed by atoms with Gasteiger partial charge in [0.25, 0.3) is 0 Å². The van der Waals surface area contributed by atoms with E-state index in [4.69, 9.17) is 9.47 Å². The predicted octanol–water partition coefficient (Wildman–Crippen LogP) is 1.34. The van der Waals surface area contributed by atoms with Crippen LogP contribution >= 0.6 is 0 Å². The molecule has 1 fully saturated rings. The summed E-state index contributed by atoms with van der Waals surface area (Å²) in [4.78, 5) is 24.9. The van der Waals surface area contributed by atoms with E-state index in [1.807, 2.05) is 6.07 Å². The van der Waals surface area contributed by atoms with Gasteiger partial charge < -0.3 is 14.4 Å². The Balaban J connectivity index is 1.80. The zero-order valence-corrected chi connectivity index (χ0v) is 10.0. The van der Waals surface area contributed by atoms with Crippen molar-refractivity contribution in [3.8, 4) is 0 Å². The molecule has 0 N–H and O–H groups in total. The van der Waals surface area contributed by atoms with Crippen molar-refractivity contribution in [2.45, 2.75) is 0 Å². The van der Waals surface area contributed by atoms with Gasteiger partial charge in [0.2, 0.25) is 0 Å². The second-order valence-corrected chi connectivity index (χ2v) is 3.94. The third kappa shape index (κ3) is 3.30. The van der Waals surface area contributed by atoms with E-state index >= 15 is 0 Å². The number of amides is 1. The molecule has 1 aromatic carbocycles. The van der Waals surface area contributed by atoms with E-state index in [9.17, 15) is 9.59 Å². The SMILES string of the molecule is O=C(COC(=O)N1CCOCC1)c1ccccc1. The molecule has 96 valence electrons. The molecule has 0 spiro atoms. The van der Waals surface area contributed by atoms with E-state index in [2.05, 4.69) is 0 Å². The zero-order valence-electron chi connectivity index (χ0n) is 10.0. The number of rotatable bonds is 3. The minimum atomic E-state index is -0.456. The lowest BCUT2D eigenvalue weighted by molar-refractivity contribution is 0.0271. The van der Waals surface area contributed by atoms with Gasteiger partial charge in [0, 0.05) is 18.7 Å². The highest BCUT2D eigenvalue weighted by Gasteiger charge is 2.19. The molecular weight excluding hydrogens is 234 g/mol.